The third kappa shape index (κ3) is 3.38. The van der Waals surface area contributed by atoms with Crippen molar-refractivity contribution in [2.75, 3.05) is 0 Å². The van der Waals surface area contributed by atoms with Gasteiger partial charge in [-0.15, -0.1) is 0 Å². The van der Waals surface area contributed by atoms with Gasteiger partial charge in [0.15, 0.2) is 7.83 Å². The quantitative estimate of drug-likeness (QED) is 0.707. The van der Waals surface area contributed by atoms with Crippen molar-refractivity contribution in [3.63, 3.8) is 0 Å². The van der Waals surface area contributed by atoms with Crippen LogP contribution in [0.2, 0.25) is 30.2 Å². The summed E-state index contributed by atoms with van der Waals surface area (Å²) < 4.78 is 6.67. The van der Waals surface area contributed by atoms with Gasteiger partial charge in [0, 0.05) is 6.42 Å². The molecule has 3 atom stereocenters. The largest absolute Gasteiger partial charge is 0.414 e. The van der Waals surface area contributed by atoms with E-state index in [0.717, 1.165) is 6.42 Å². The monoisotopic (exact) mass is 318 g/mol. The zero-order valence-corrected chi connectivity index (χ0v) is 16.0. The molecule has 0 aliphatic carbocycles. The smallest absolute Gasteiger partial charge is 0.180 e. The normalized spacial score (nSPS) is 28.1. The van der Waals surface area contributed by atoms with E-state index >= 15 is 0 Å². The number of hydrogen-bond donors (Lipinski definition) is 2. The van der Waals surface area contributed by atoms with Gasteiger partial charge >= 0.3 is 0 Å². The summed E-state index contributed by atoms with van der Waals surface area (Å²) >= 11 is 0. The van der Waals surface area contributed by atoms with E-state index in [0.29, 0.717) is 6.42 Å². The van der Waals surface area contributed by atoms with Crippen molar-refractivity contribution in [2.24, 2.45) is 0 Å². The van der Waals surface area contributed by atoms with E-state index < -0.39 is 27.6 Å². The molecule has 0 bridgehead atoms. The van der Waals surface area contributed by atoms with E-state index in [1.165, 1.54) is 30.2 Å². The van der Waals surface area contributed by atoms with Gasteiger partial charge in [-0.05, 0) is 25.4 Å². The van der Waals surface area contributed by atoms with Gasteiger partial charge in [0.1, 0.15) is 0 Å². The van der Waals surface area contributed by atoms with Crippen LogP contribution in [0.4, 0.5) is 0 Å². The highest BCUT2D eigenvalue weighted by molar-refractivity contribution is 7.40. The van der Waals surface area contributed by atoms with Crippen molar-refractivity contribution in [1.29, 1.82) is 0 Å². The van der Waals surface area contributed by atoms with Gasteiger partial charge in [-0.3, -0.25) is 0 Å². The first-order valence-electron chi connectivity index (χ1n) is 8.44. The average molecular weight is 319 g/mol. The van der Waals surface area contributed by atoms with Gasteiger partial charge in [-0.25, -0.2) is 0 Å². The molecule has 5 heteroatoms. The van der Waals surface area contributed by atoms with Crippen molar-refractivity contribution in [3.8, 4) is 0 Å². The van der Waals surface area contributed by atoms with Crippen LogP contribution in [0.15, 0.2) is 0 Å². The molecule has 2 N–H and O–H groups in total. The molecule has 0 amide bonds. The first kappa shape index (κ1) is 18.4. The summed E-state index contributed by atoms with van der Waals surface area (Å²) in [5.74, 6) is 0. The third-order valence-electron chi connectivity index (χ3n) is 5.76. The molecule has 3 nitrogen and oxygen atoms in total. The molecule has 0 saturated carbocycles. The second kappa shape index (κ2) is 7.54. The van der Waals surface area contributed by atoms with Gasteiger partial charge in [-0.2, -0.15) is 0 Å². The molecule has 20 heavy (non-hydrogen) atoms. The Labute approximate surface area is 126 Å². The Morgan fingerprint density at radius 2 is 1.60 bits per heavy atom. The van der Waals surface area contributed by atoms with Crippen molar-refractivity contribution in [1.82, 2.24) is 0 Å². The Kier molecular flexibility index (Phi) is 6.92. The maximum Gasteiger partial charge on any atom is 0.180 e. The number of rotatable bonds is 7. The summed E-state index contributed by atoms with van der Waals surface area (Å²) in [5, 5.41) is 19.8. The van der Waals surface area contributed by atoms with Crippen LogP contribution < -0.4 is 0 Å². The maximum atomic E-state index is 10.3. The Morgan fingerprint density at radius 1 is 1.05 bits per heavy atom. The lowest BCUT2D eigenvalue weighted by Gasteiger charge is -2.53. The predicted octanol–water partition coefficient (Wildman–Crippen LogP) is 3.46. The minimum Gasteiger partial charge on any atom is -0.414 e. The molecule has 0 radical (unpaired) electrons. The standard InChI is InChI=1S/C15H34O3Si2/c1-6-19(7-2)11-10-15(14(17)12-13(5)16)18-20(19,8-3)9-4/h13-17H,6-12H2,1-5H3. The summed E-state index contributed by atoms with van der Waals surface area (Å²) in [5.41, 5.74) is 0. The predicted molar refractivity (Wildman–Crippen MR) is 90.0 cm³/mol. The van der Waals surface area contributed by atoms with Crippen molar-refractivity contribution in [3.05, 3.63) is 0 Å². The molecule has 120 valence electrons. The number of aliphatic hydroxyl groups excluding tert-OH is 2. The molecule has 1 fully saturated rings. The highest BCUT2D eigenvalue weighted by atomic mass is 29.3. The van der Waals surface area contributed by atoms with Gasteiger partial charge in [-0.1, -0.05) is 45.8 Å². The summed E-state index contributed by atoms with van der Waals surface area (Å²) in [6.07, 6.45) is 0.455. The fourth-order valence-corrected chi connectivity index (χ4v) is 22.9. The first-order valence-corrected chi connectivity index (χ1v) is 14.4. The molecule has 1 heterocycles. The summed E-state index contributed by atoms with van der Waals surface area (Å²) in [7, 11) is -2.98. The topological polar surface area (TPSA) is 49.7 Å². The highest BCUT2D eigenvalue weighted by Gasteiger charge is 2.56. The van der Waals surface area contributed by atoms with Crippen LogP contribution in [-0.4, -0.2) is 44.0 Å². The lowest BCUT2D eigenvalue weighted by molar-refractivity contribution is -0.00333. The second-order valence-electron chi connectivity index (χ2n) is 6.54. The van der Waals surface area contributed by atoms with E-state index in [1.54, 1.807) is 6.92 Å². The molecule has 3 unspecified atom stereocenters. The van der Waals surface area contributed by atoms with Gasteiger partial charge in [0.05, 0.1) is 25.9 Å². The van der Waals surface area contributed by atoms with Crippen molar-refractivity contribution >= 4 is 15.4 Å². The lowest BCUT2D eigenvalue weighted by Crippen LogP contribution is -2.68. The Bertz CT molecular complexity index is 289. The summed E-state index contributed by atoms with van der Waals surface area (Å²) in [4.78, 5) is 0. The van der Waals surface area contributed by atoms with Gasteiger partial charge in [0.2, 0.25) is 0 Å². The van der Waals surface area contributed by atoms with E-state index in [4.69, 9.17) is 4.43 Å². The Morgan fingerprint density at radius 3 is 2.00 bits per heavy atom. The van der Waals surface area contributed by atoms with Crippen molar-refractivity contribution in [2.45, 2.75) is 96.0 Å². The molecule has 1 aliphatic rings. The molecule has 0 aromatic carbocycles. The fraction of sp³-hybridized carbons (Fsp3) is 1.00. The van der Waals surface area contributed by atoms with Crippen LogP contribution in [-0.2, 0) is 4.43 Å². The molecule has 1 rings (SSSR count). The molecule has 0 aromatic rings. The SMILES string of the molecule is CC[Si]1(CC)CCC(C(O)CC(C)O)O[Si]1(CC)CC. The molecule has 0 aromatic heterocycles. The van der Waals surface area contributed by atoms with Crippen LogP contribution in [0, 0.1) is 0 Å². The van der Waals surface area contributed by atoms with Crippen molar-refractivity contribution < 1.29 is 14.6 Å². The molecule has 1 saturated heterocycles. The van der Waals surface area contributed by atoms with E-state index in [2.05, 4.69) is 27.7 Å². The van der Waals surface area contributed by atoms with E-state index in [1.807, 2.05) is 0 Å². The van der Waals surface area contributed by atoms with Crippen LogP contribution in [0.3, 0.4) is 0 Å². The molecular formula is C15H34O3Si2. The summed E-state index contributed by atoms with van der Waals surface area (Å²) in [6, 6.07) is 6.35. The Balaban J connectivity index is 2.93. The molecular weight excluding hydrogens is 284 g/mol. The first-order chi connectivity index (χ1) is 9.40. The third-order valence-corrected chi connectivity index (χ3v) is 25.8. The average Bonchev–Trinajstić information content (AvgIpc) is 2.45. The highest BCUT2D eigenvalue weighted by Crippen LogP contribution is 2.44. The van der Waals surface area contributed by atoms with Crippen LogP contribution in [0.25, 0.3) is 0 Å². The zero-order valence-electron chi connectivity index (χ0n) is 14.0. The second-order valence-corrected chi connectivity index (χ2v) is 20.6. The van der Waals surface area contributed by atoms with Gasteiger partial charge in [0.25, 0.3) is 0 Å². The van der Waals surface area contributed by atoms with E-state index in [9.17, 15) is 10.2 Å². The molecule has 0 spiro atoms. The lowest BCUT2D eigenvalue weighted by atomic mass is 10.1. The van der Waals surface area contributed by atoms with Gasteiger partial charge < -0.3 is 14.6 Å². The Hall–Kier alpha value is 0.314. The van der Waals surface area contributed by atoms with Crippen LogP contribution in [0.1, 0.15) is 47.5 Å². The van der Waals surface area contributed by atoms with E-state index in [-0.39, 0.29) is 6.10 Å². The minimum atomic E-state index is -1.69. The van der Waals surface area contributed by atoms with Crippen LogP contribution in [0.5, 0.6) is 0 Å². The number of hydrogen-bond acceptors (Lipinski definition) is 3. The van der Waals surface area contributed by atoms with Crippen LogP contribution >= 0.6 is 0 Å². The molecule has 1 aliphatic heterocycles. The summed E-state index contributed by atoms with van der Waals surface area (Å²) in [6.45, 7) is 11.1. The fourth-order valence-electron chi connectivity index (χ4n) is 4.31. The minimum absolute atomic E-state index is 0.0325. The maximum absolute atomic E-state index is 10.3. The zero-order chi connectivity index (χ0) is 15.4. The number of aliphatic hydroxyl groups is 2.